The molecule has 3 aliphatic heterocycles. The fourth-order valence-electron chi connectivity index (χ4n) is 13.1. The highest BCUT2D eigenvalue weighted by atomic mass is 19.4. The highest BCUT2D eigenvalue weighted by Crippen LogP contribution is 2.44. The van der Waals surface area contributed by atoms with Gasteiger partial charge < -0.3 is 44.7 Å². The van der Waals surface area contributed by atoms with Gasteiger partial charge in [0.15, 0.2) is 28.7 Å². The van der Waals surface area contributed by atoms with Crippen LogP contribution in [-0.4, -0.2) is 101 Å². The predicted molar refractivity (Wildman–Crippen MR) is 385 cm³/mol. The molecule has 0 radical (unpaired) electrons. The second kappa shape index (κ2) is 29.8. The van der Waals surface area contributed by atoms with Crippen LogP contribution in [0, 0.1) is 40.4 Å². The van der Waals surface area contributed by atoms with Crippen LogP contribution >= 0.6 is 0 Å². The number of halogens is 10. The van der Waals surface area contributed by atoms with E-state index in [0.29, 0.717) is 103 Å². The van der Waals surface area contributed by atoms with E-state index < -0.39 is 65.2 Å². The van der Waals surface area contributed by atoms with E-state index in [4.69, 9.17) is 34.9 Å². The van der Waals surface area contributed by atoms with E-state index >= 15 is 0 Å². The highest BCUT2D eigenvalue weighted by Gasteiger charge is 2.44. The third-order valence-corrected chi connectivity index (χ3v) is 18.3. The number of amides is 3. The molecule has 0 saturated heterocycles. The minimum absolute atomic E-state index is 0.0116. The van der Waals surface area contributed by atoms with E-state index in [9.17, 15) is 68.3 Å². The highest BCUT2D eigenvalue weighted by molar-refractivity contribution is 6.14. The molecule has 7 N–H and O–H groups in total. The van der Waals surface area contributed by atoms with Gasteiger partial charge in [-0.15, -0.1) is 0 Å². The Morgan fingerprint density at radius 1 is 0.558 bits per heavy atom. The molecule has 16 rings (SSSR count). The number of aryl methyl sites for hydroxylation is 6. The standard InChI is InChI=1S/C20H16F4N4O2.C19H16F3N5O2.C19H15F3N4O2.C18H15N5O3/c1-10-4-7-15(30-10)16-17-18(26-11(2)25-16)28(19(29)27(17)3)9-12-5-6-13(21)8-14(12)20(22,23)24;1-9-3-4-13(29-9)16-14-15(25-18(23)26-16)12(27(2)17(14)28)7-10-5-6-24-8-11(10)19(20,21)22;1-10-6-7-14(28-10)16-12-8-15(27)26(17(12)25-18(23)24-16)9-11-4-2-3-5-13(11)19(20,21)22;1-10-3-4-13(26-10)16-14-15(20-18(19)21-16)12(22(2)17(14)24)9-11-5-7-23(25)8-6-11/h4-8H,9H2,1-3H3;3-6,8,12H,7H2,1-2H3,(H2,23,25,26);2-7H,8-9H2,1H3,(H2,23,24,25);3-9H,1-2H3,(H2-,19,20,21,24,25)/p+1. The lowest BCUT2D eigenvalue weighted by atomic mass is 9.99. The summed E-state index contributed by atoms with van der Waals surface area (Å²) >= 11 is 0. The molecule has 14 heterocycles. The second-order valence-corrected chi connectivity index (χ2v) is 26.1. The average molecular weight is 1560 g/mol. The second-order valence-electron chi connectivity index (χ2n) is 26.1. The van der Waals surface area contributed by atoms with Crippen molar-refractivity contribution in [2.45, 2.75) is 85.1 Å². The maximum Gasteiger partial charge on any atom is 0.418 e. The van der Waals surface area contributed by atoms with Crippen LogP contribution in [0.3, 0.4) is 0 Å². The zero-order valence-electron chi connectivity index (χ0n) is 60.6. The maximum atomic E-state index is 13.4. The van der Waals surface area contributed by atoms with Crippen LogP contribution in [-0.2, 0) is 56.3 Å². The number of alkyl halides is 9. The summed E-state index contributed by atoms with van der Waals surface area (Å²) in [4.78, 5) is 92.7. The van der Waals surface area contributed by atoms with Crippen molar-refractivity contribution < 1.29 is 85.9 Å². The normalized spacial score (nSPS) is 14.3. The van der Waals surface area contributed by atoms with Crippen molar-refractivity contribution in [1.29, 1.82) is 0 Å². The summed E-state index contributed by atoms with van der Waals surface area (Å²) < 4.78 is 159. The minimum atomic E-state index is -4.77. The van der Waals surface area contributed by atoms with Crippen molar-refractivity contribution in [3.8, 4) is 45.8 Å². The summed E-state index contributed by atoms with van der Waals surface area (Å²) in [5, 5.41) is 9.35. The predicted octanol–water partition coefficient (Wildman–Crippen LogP) is 13.1. The van der Waals surface area contributed by atoms with Gasteiger partial charge >= 0.3 is 24.2 Å². The Labute approximate surface area is 631 Å². The number of likely N-dealkylation sites (N-methyl/N-ethyl adjacent to an activating group) is 1. The molecule has 2 aromatic carbocycles. The zero-order chi connectivity index (χ0) is 81.2. The third kappa shape index (κ3) is 15.6. The fourth-order valence-corrected chi connectivity index (χ4v) is 13.1. The molecule has 1 unspecified atom stereocenters. The molecule has 13 aromatic rings. The molecule has 3 aliphatic rings. The van der Waals surface area contributed by atoms with E-state index in [1.165, 1.54) is 76.2 Å². The molecular formula is C76H63F10N18O9+. The lowest BCUT2D eigenvalue weighted by Gasteiger charge is -2.21. The molecule has 0 saturated carbocycles. The summed E-state index contributed by atoms with van der Waals surface area (Å²) in [5.74, 6) is 2.65. The van der Waals surface area contributed by atoms with Gasteiger partial charge in [-0.1, -0.05) is 24.3 Å². The van der Waals surface area contributed by atoms with Gasteiger partial charge in [-0.25, -0.2) is 44.1 Å². The average Bonchev–Trinajstić information content (AvgIpc) is 1.61. The molecule has 0 spiro atoms. The van der Waals surface area contributed by atoms with Gasteiger partial charge in [0.05, 0.1) is 64.8 Å². The Bertz CT molecular complexity index is 6020. The molecule has 27 nitrogen and oxygen atoms in total. The molecule has 0 fully saturated rings. The van der Waals surface area contributed by atoms with Gasteiger partial charge in [0.2, 0.25) is 36.1 Å². The lowest BCUT2D eigenvalue weighted by Crippen LogP contribution is -2.28. The molecule has 113 heavy (non-hydrogen) atoms. The number of nitrogens with zero attached hydrogens (tertiary/aromatic N) is 15. The molecule has 0 aliphatic carbocycles. The van der Waals surface area contributed by atoms with Crippen LogP contribution in [0.5, 0.6) is 0 Å². The topological polar surface area (TPSA) is 359 Å². The number of fused-ring (bicyclic) bond motifs is 4. The SMILES string of the molecule is Cc1ccc(-c2nc(N)nc3c2C(=O)N(C)/C3=C\c2cc[n+](O)cc2)o1.Cc1ccc(-c2nc(N)nc3c2C(=O)N(C)C3Cc2ccncc2C(F)(F)F)o1.Cc1ccc(-c2nc(N)nc3c2CC(=O)N3Cc2ccccc2C(F)(F)F)o1.Cc1nc(-c2ccc(C)o2)c2c(n1)n(Cc1ccc(F)cc1C(F)(F)F)c(=O)n2C. The van der Waals surface area contributed by atoms with Crippen molar-refractivity contribution in [2.75, 3.05) is 36.2 Å². The van der Waals surface area contributed by atoms with Gasteiger partial charge in [-0.3, -0.25) is 38.6 Å². The third-order valence-electron chi connectivity index (χ3n) is 18.3. The largest absolute Gasteiger partial charge is 0.460 e. The number of nitrogens with two attached hydrogens (primary N) is 3. The van der Waals surface area contributed by atoms with Gasteiger partial charge in [0.25, 0.3) is 11.8 Å². The summed E-state index contributed by atoms with van der Waals surface area (Å²) in [6, 6.07) is 25.3. The smallest absolute Gasteiger partial charge is 0.418 e. The van der Waals surface area contributed by atoms with Crippen LogP contribution in [0.1, 0.15) is 112 Å². The Morgan fingerprint density at radius 3 is 1.67 bits per heavy atom. The van der Waals surface area contributed by atoms with Crippen molar-refractivity contribution in [3.05, 3.63) is 246 Å². The number of nitrogen functional groups attached to an aromatic ring is 3. The van der Waals surface area contributed by atoms with Crippen LogP contribution in [0.4, 0.5) is 67.6 Å². The van der Waals surface area contributed by atoms with Gasteiger partial charge in [-0.05, 0) is 142 Å². The Hall–Kier alpha value is -13.9. The van der Waals surface area contributed by atoms with Crippen molar-refractivity contribution in [1.82, 2.24) is 63.8 Å². The first kappa shape index (κ1) is 77.3. The number of anilines is 4. The summed E-state index contributed by atoms with van der Waals surface area (Å²) in [7, 11) is 4.66. The number of benzene rings is 2. The van der Waals surface area contributed by atoms with Gasteiger partial charge in [-0.2, -0.15) is 44.5 Å². The molecular weight excluding hydrogens is 1500 g/mol. The number of carbonyl (C=O) groups is 3. The quantitative estimate of drug-likeness (QED) is 0.0531. The molecule has 37 heteroatoms. The molecule has 1 atom stereocenters. The number of carbonyl (C=O) groups excluding carboxylic acids is 3. The number of furan rings is 4. The van der Waals surface area contributed by atoms with Crippen LogP contribution < -0.4 is 32.5 Å². The number of hydrogen-bond donors (Lipinski definition) is 4. The van der Waals surface area contributed by atoms with Crippen LogP contribution in [0.15, 0.2) is 156 Å². The summed E-state index contributed by atoms with van der Waals surface area (Å²) in [5.41, 5.74) is 18.9. The molecule has 0 bridgehead atoms. The van der Waals surface area contributed by atoms with E-state index in [0.717, 1.165) is 39.3 Å². The lowest BCUT2D eigenvalue weighted by molar-refractivity contribution is -0.904. The van der Waals surface area contributed by atoms with Crippen molar-refractivity contribution in [2.24, 2.45) is 7.05 Å². The van der Waals surface area contributed by atoms with E-state index in [1.54, 1.807) is 101 Å². The van der Waals surface area contributed by atoms with E-state index in [1.807, 2.05) is 6.92 Å². The first-order chi connectivity index (χ1) is 53.4. The van der Waals surface area contributed by atoms with Crippen molar-refractivity contribution >= 4 is 64.3 Å². The fraction of sp³-hybridized carbons (Fsp3) is 0.211. The summed E-state index contributed by atoms with van der Waals surface area (Å²) in [6.45, 7) is 7.99. The number of rotatable bonds is 11. The maximum absolute atomic E-state index is 13.4. The number of hydrogen-bond acceptors (Lipinski definition) is 21. The van der Waals surface area contributed by atoms with E-state index in [2.05, 4.69) is 44.9 Å². The number of aromatic nitrogens is 12. The minimum Gasteiger partial charge on any atom is -0.460 e. The Kier molecular flexibility index (Phi) is 20.4. The van der Waals surface area contributed by atoms with Crippen LogP contribution in [0.25, 0.3) is 68.8 Å². The van der Waals surface area contributed by atoms with E-state index in [-0.39, 0.29) is 94.2 Å². The molecule has 11 aromatic heterocycles. The van der Waals surface area contributed by atoms with Gasteiger partial charge in [0.1, 0.15) is 74.5 Å². The molecule has 580 valence electrons. The Morgan fingerprint density at radius 2 is 1.09 bits per heavy atom. The first-order valence-corrected chi connectivity index (χ1v) is 33.9. The van der Waals surface area contributed by atoms with Crippen LogP contribution in [0.2, 0.25) is 0 Å². The Balaban J connectivity index is 0.000000132. The number of pyridine rings is 2. The van der Waals surface area contributed by atoms with Gasteiger partial charge in [0, 0.05) is 56.0 Å². The molecule has 3 amide bonds. The summed E-state index contributed by atoms with van der Waals surface area (Å²) in [6.07, 6.45) is -7.14. The number of imidazole rings is 1. The zero-order valence-corrected chi connectivity index (χ0v) is 60.6. The van der Waals surface area contributed by atoms with Crippen molar-refractivity contribution in [3.63, 3.8) is 0 Å². The first-order valence-electron chi connectivity index (χ1n) is 33.9. The monoisotopic (exact) mass is 1560 g/mol.